The van der Waals surface area contributed by atoms with Crippen LogP contribution in [0.15, 0.2) is 0 Å². The third-order valence-corrected chi connectivity index (χ3v) is 8.00. The van der Waals surface area contributed by atoms with Crippen LogP contribution in [-0.2, 0) is 4.79 Å². The zero-order valence-corrected chi connectivity index (χ0v) is 15.9. The summed E-state index contributed by atoms with van der Waals surface area (Å²) in [6.07, 6.45) is 17.3. The summed E-state index contributed by atoms with van der Waals surface area (Å²) in [4.78, 5) is 10.6. The van der Waals surface area contributed by atoms with Crippen LogP contribution < -0.4 is 0 Å². The van der Waals surface area contributed by atoms with Gasteiger partial charge in [-0.3, -0.25) is 4.79 Å². The Kier molecular flexibility index (Phi) is 11.6. The molecule has 130 valence electrons. The molecule has 2 nitrogen and oxygen atoms in total. The normalized spacial score (nSPS) is 21.3. The molecule has 1 rings (SSSR count). The number of unbranched alkanes of at least 4 members (excludes halogenated alkanes) is 8. The second-order valence-corrected chi connectivity index (χ2v) is 9.55. The Labute approximate surface area is 145 Å². The molecule has 1 heterocycles. The molecule has 1 unspecified atom stereocenters. The van der Waals surface area contributed by atoms with E-state index in [0.29, 0.717) is 11.2 Å². The van der Waals surface area contributed by atoms with Crippen LogP contribution in [0, 0.1) is 0 Å². The van der Waals surface area contributed by atoms with Gasteiger partial charge in [-0.1, -0.05) is 86.3 Å². The van der Waals surface area contributed by atoms with Crippen LogP contribution in [0.4, 0.5) is 0 Å². The Morgan fingerprint density at radius 3 is 2.09 bits per heavy atom. The summed E-state index contributed by atoms with van der Waals surface area (Å²) in [6.45, 7) is 2.27. The maximum atomic E-state index is 10.6. The molecule has 1 fully saturated rings. The molecule has 22 heavy (non-hydrogen) atoms. The number of carbonyl (C=O) groups is 1. The Morgan fingerprint density at radius 1 is 0.955 bits per heavy atom. The van der Waals surface area contributed by atoms with E-state index in [1.165, 1.54) is 76.4 Å². The summed E-state index contributed by atoms with van der Waals surface area (Å²) < 4.78 is 0.464. The van der Waals surface area contributed by atoms with E-state index in [2.05, 4.69) is 17.7 Å². The molecule has 0 saturated carbocycles. The number of carboxylic acids is 1. The first-order chi connectivity index (χ1) is 10.7. The fraction of sp³-hybridized carbons (Fsp3) is 0.944. The minimum absolute atomic E-state index is 0.339. The van der Waals surface area contributed by atoms with Crippen molar-refractivity contribution in [2.24, 2.45) is 0 Å². The van der Waals surface area contributed by atoms with Crippen molar-refractivity contribution in [2.75, 3.05) is 5.75 Å². The van der Waals surface area contributed by atoms with Gasteiger partial charge in [0.2, 0.25) is 0 Å². The lowest BCUT2D eigenvalue weighted by molar-refractivity contribution is -0.137. The molecule has 0 bridgehead atoms. The highest BCUT2D eigenvalue weighted by atomic mass is 33.1. The number of rotatable bonds is 14. The van der Waals surface area contributed by atoms with Gasteiger partial charge >= 0.3 is 5.97 Å². The van der Waals surface area contributed by atoms with Gasteiger partial charge in [0.15, 0.2) is 0 Å². The van der Waals surface area contributed by atoms with Crippen LogP contribution in [0.1, 0.15) is 96.8 Å². The number of hydrogen-bond acceptors (Lipinski definition) is 3. The van der Waals surface area contributed by atoms with Crippen LogP contribution in [0.3, 0.4) is 0 Å². The SMILES string of the molecule is CCCCCCCCCCC1(CCCCC(=O)O)CCSS1. The van der Waals surface area contributed by atoms with Gasteiger partial charge in [0.05, 0.1) is 0 Å². The minimum Gasteiger partial charge on any atom is -0.481 e. The Bertz CT molecular complexity index is 289. The van der Waals surface area contributed by atoms with Gasteiger partial charge in [0.1, 0.15) is 0 Å². The average molecular weight is 347 g/mol. The summed E-state index contributed by atoms with van der Waals surface area (Å²) >= 11 is 0. The van der Waals surface area contributed by atoms with Crippen LogP contribution in [0.2, 0.25) is 0 Å². The largest absolute Gasteiger partial charge is 0.481 e. The predicted molar refractivity (Wildman–Crippen MR) is 101 cm³/mol. The number of hydrogen-bond donors (Lipinski definition) is 1. The lowest BCUT2D eigenvalue weighted by Gasteiger charge is -2.27. The number of carboxylic acid groups (broad SMARTS) is 1. The lowest BCUT2D eigenvalue weighted by Crippen LogP contribution is -2.21. The minimum atomic E-state index is -0.648. The zero-order chi connectivity index (χ0) is 16.1. The van der Waals surface area contributed by atoms with Crippen LogP contribution in [0.25, 0.3) is 0 Å². The third-order valence-electron chi connectivity index (χ3n) is 4.64. The van der Waals surface area contributed by atoms with Gasteiger partial charge in [-0.05, 0) is 25.7 Å². The van der Waals surface area contributed by atoms with Crippen molar-refractivity contribution < 1.29 is 9.90 Å². The summed E-state index contributed by atoms with van der Waals surface area (Å²) in [7, 11) is 4.12. The summed E-state index contributed by atoms with van der Waals surface area (Å²) in [5, 5.41) is 8.74. The molecule has 1 saturated heterocycles. The molecule has 0 aromatic heterocycles. The first-order valence-electron chi connectivity index (χ1n) is 9.21. The first kappa shape index (κ1) is 20.2. The standard InChI is InChI=1S/C18H34O2S2/c1-2-3-4-5-6-7-8-10-13-18(15-16-21-22-18)14-11-9-12-17(19)20/h2-16H2,1H3,(H,19,20). The number of aliphatic carboxylic acids is 1. The first-order valence-corrected chi connectivity index (χ1v) is 11.5. The molecule has 4 heteroatoms. The molecule has 1 atom stereocenters. The summed E-state index contributed by atoms with van der Waals surface area (Å²) in [6, 6.07) is 0. The van der Waals surface area contributed by atoms with Gasteiger partial charge in [0.25, 0.3) is 0 Å². The molecule has 0 aromatic carbocycles. The van der Waals surface area contributed by atoms with Crippen molar-refractivity contribution in [3.8, 4) is 0 Å². The topological polar surface area (TPSA) is 37.3 Å². The highest BCUT2D eigenvalue weighted by Crippen LogP contribution is 2.52. The highest BCUT2D eigenvalue weighted by molar-refractivity contribution is 8.77. The molecule has 0 aromatic rings. The monoisotopic (exact) mass is 346 g/mol. The molecule has 0 radical (unpaired) electrons. The van der Waals surface area contributed by atoms with Gasteiger partial charge in [-0.25, -0.2) is 0 Å². The molecule has 0 spiro atoms. The van der Waals surface area contributed by atoms with E-state index in [0.717, 1.165) is 12.8 Å². The Morgan fingerprint density at radius 2 is 1.55 bits per heavy atom. The second kappa shape index (κ2) is 12.6. The van der Waals surface area contributed by atoms with E-state index in [4.69, 9.17) is 5.11 Å². The van der Waals surface area contributed by atoms with Crippen molar-refractivity contribution in [1.82, 2.24) is 0 Å². The van der Waals surface area contributed by atoms with Gasteiger partial charge in [0, 0.05) is 16.9 Å². The van der Waals surface area contributed by atoms with Gasteiger partial charge < -0.3 is 5.11 Å². The molecule has 1 aliphatic heterocycles. The van der Waals surface area contributed by atoms with Crippen molar-refractivity contribution in [1.29, 1.82) is 0 Å². The van der Waals surface area contributed by atoms with Crippen molar-refractivity contribution in [2.45, 2.75) is 102 Å². The molecule has 1 aliphatic rings. The van der Waals surface area contributed by atoms with Crippen molar-refractivity contribution in [3.05, 3.63) is 0 Å². The Balaban J connectivity index is 2.08. The van der Waals surface area contributed by atoms with E-state index in [9.17, 15) is 4.79 Å². The average Bonchev–Trinajstić information content (AvgIpc) is 2.95. The summed E-state index contributed by atoms with van der Waals surface area (Å²) in [5.41, 5.74) is 0. The molecular formula is C18H34O2S2. The lowest BCUT2D eigenvalue weighted by atomic mass is 9.91. The molecular weight excluding hydrogens is 312 g/mol. The molecule has 0 amide bonds. The van der Waals surface area contributed by atoms with E-state index in [1.807, 2.05) is 10.8 Å². The van der Waals surface area contributed by atoms with E-state index in [1.54, 1.807) is 0 Å². The fourth-order valence-electron chi connectivity index (χ4n) is 3.20. The maximum Gasteiger partial charge on any atom is 0.303 e. The van der Waals surface area contributed by atoms with Crippen LogP contribution in [-0.4, -0.2) is 21.6 Å². The summed E-state index contributed by atoms with van der Waals surface area (Å²) in [5.74, 6) is 0.631. The van der Waals surface area contributed by atoms with Crippen molar-refractivity contribution >= 4 is 27.6 Å². The van der Waals surface area contributed by atoms with Crippen LogP contribution in [0.5, 0.6) is 0 Å². The van der Waals surface area contributed by atoms with Crippen molar-refractivity contribution in [3.63, 3.8) is 0 Å². The van der Waals surface area contributed by atoms with Gasteiger partial charge in [-0.15, -0.1) is 0 Å². The Hall–Kier alpha value is 0.170. The van der Waals surface area contributed by atoms with E-state index >= 15 is 0 Å². The fourth-order valence-corrected chi connectivity index (χ4v) is 6.78. The molecule has 1 N–H and O–H groups in total. The van der Waals surface area contributed by atoms with Gasteiger partial charge in [-0.2, -0.15) is 0 Å². The van der Waals surface area contributed by atoms with E-state index < -0.39 is 5.97 Å². The molecule has 0 aliphatic carbocycles. The third kappa shape index (κ3) is 9.34. The maximum absolute atomic E-state index is 10.6. The predicted octanol–water partition coefficient (Wildman–Crippen LogP) is 6.69. The van der Waals surface area contributed by atoms with Crippen LogP contribution >= 0.6 is 21.6 Å². The quantitative estimate of drug-likeness (QED) is 0.281. The second-order valence-electron chi connectivity index (χ2n) is 6.66. The zero-order valence-electron chi connectivity index (χ0n) is 14.3. The highest BCUT2D eigenvalue weighted by Gasteiger charge is 2.34. The van der Waals surface area contributed by atoms with E-state index in [-0.39, 0.29) is 0 Å². The smallest absolute Gasteiger partial charge is 0.303 e.